The van der Waals surface area contributed by atoms with Crippen molar-refractivity contribution < 1.29 is 14.3 Å². The van der Waals surface area contributed by atoms with Crippen LogP contribution in [0.25, 0.3) is 0 Å². The molecule has 1 heterocycles. The Kier molecular flexibility index (Phi) is 4.99. The zero-order valence-corrected chi connectivity index (χ0v) is 14.3. The molecule has 122 valence electrons. The number of methoxy groups -OCH3 is 1. The number of likely N-dealkylation sites (tertiary alicyclic amines) is 1. The topological polar surface area (TPSA) is 38.8 Å². The SMILES string of the molecule is CC[C@H]1CN(C(=O)OC(C)(C)C)C[C@H]1c1ccc(OC)cc1. The fourth-order valence-corrected chi connectivity index (χ4v) is 2.99. The van der Waals surface area contributed by atoms with Crippen molar-refractivity contribution in [2.24, 2.45) is 5.92 Å². The number of benzene rings is 1. The summed E-state index contributed by atoms with van der Waals surface area (Å²) in [6, 6.07) is 8.17. The highest BCUT2D eigenvalue weighted by molar-refractivity contribution is 5.68. The van der Waals surface area contributed by atoms with E-state index in [0.717, 1.165) is 25.3 Å². The molecule has 1 aromatic rings. The van der Waals surface area contributed by atoms with E-state index in [9.17, 15) is 4.79 Å². The second-order valence-electron chi connectivity index (χ2n) is 6.93. The summed E-state index contributed by atoms with van der Waals surface area (Å²) in [6.07, 6.45) is 0.845. The molecule has 4 heteroatoms. The van der Waals surface area contributed by atoms with E-state index in [2.05, 4.69) is 19.1 Å². The molecular formula is C18H27NO3. The minimum absolute atomic E-state index is 0.207. The zero-order valence-electron chi connectivity index (χ0n) is 14.3. The molecule has 0 saturated carbocycles. The molecule has 1 aromatic carbocycles. The van der Waals surface area contributed by atoms with Crippen molar-refractivity contribution >= 4 is 6.09 Å². The highest BCUT2D eigenvalue weighted by Crippen LogP contribution is 2.35. The number of carbonyl (C=O) groups excluding carboxylic acids is 1. The summed E-state index contributed by atoms with van der Waals surface area (Å²) in [5.41, 5.74) is 0.815. The van der Waals surface area contributed by atoms with Gasteiger partial charge in [0.15, 0.2) is 0 Å². The van der Waals surface area contributed by atoms with E-state index in [-0.39, 0.29) is 6.09 Å². The second-order valence-corrected chi connectivity index (χ2v) is 6.93. The van der Waals surface area contributed by atoms with Gasteiger partial charge in [-0.3, -0.25) is 0 Å². The van der Waals surface area contributed by atoms with Crippen molar-refractivity contribution in [3.63, 3.8) is 0 Å². The third-order valence-corrected chi connectivity index (χ3v) is 4.16. The Balaban J connectivity index is 2.10. The summed E-state index contributed by atoms with van der Waals surface area (Å²) in [5, 5.41) is 0. The first kappa shape index (κ1) is 16.7. The molecule has 0 unspecified atom stereocenters. The Bertz CT molecular complexity index is 504. The normalized spacial score (nSPS) is 21.8. The standard InChI is InChI=1S/C18H27NO3/c1-6-13-11-19(17(20)22-18(2,3)4)12-16(13)14-7-9-15(21-5)10-8-14/h7-10,13,16H,6,11-12H2,1-5H3/t13-,16+/m0/s1. The van der Waals surface area contributed by atoms with Crippen molar-refractivity contribution in [3.8, 4) is 5.75 Å². The van der Waals surface area contributed by atoms with Crippen LogP contribution in [0.4, 0.5) is 4.79 Å². The van der Waals surface area contributed by atoms with Gasteiger partial charge in [0.05, 0.1) is 7.11 Å². The average Bonchev–Trinajstić information content (AvgIpc) is 2.90. The van der Waals surface area contributed by atoms with Gasteiger partial charge in [-0.2, -0.15) is 0 Å². The summed E-state index contributed by atoms with van der Waals surface area (Å²) < 4.78 is 10.7. The average molecular weight is 305 g/mol. The van der Waals surface area contributed by atoms with E-state index < -0.39 is 5.60 Å². The lowest BCUT2D eigenvalue weighted by molar-refractivity contribution is 0.0286. The Morgan fingerprint density at radius 3 is 2.36 bits per heavy atom. The van der Waals surface area contributed by atoms with Gasteiger partial charge in [-0.05, 0) is 44.4 Å². The monoisotopic (exact) mass is 305 g/mol. The van der Waals surface area contributed by atoms with E-state index in [0.29, 0.717) is 11.8 Å². The molecule has 1 aliphatic rings. The summed E-state index contributed by atoms with van der Waals surface area (Å²) in [4.78, 5) is 14.1. The molecule has 0 bridgehead atoms. The second kappa shape index (κ2) is 6.59. The highest BCUT2D eigenvalue weighted by atomic mass is 16.6. The lowest BCUT2D eigenvalue weighted by Gasteiger charge is -2.24. The van der Waals surface area contributed by atoms with Gasteiger partial charge in [0.25, 0.3) is 0 Å². The molecule has 0 spiro atoms. The maximum atomic E-state index is 12.3. The Morgan fingerprint density at radius 1 is 1.23 bits per heavy atom. The van der Waals surface area contributed by atoms with E-state index in [1.807, 2.05) is 37.8 Å². The first-order valence-electron chi connectivity index (χ1n) is 7.96. The van der Waals surface area contributed by atoms with Gasteiger partial charge in [0.2, 0.25) is 0 Å². The number of hydrogen-bond acceptors (Lipinski definition) is 3. The predicted octanol–water partition coefficient (Wildman–Crippen LogP) is 4.06. The van der Waals surface area contributed by atoms with Crippen LogP contribution in [-0.4, -0.2) is 36.8 Å². The molecule has 0 N–H and O–H groups in total. The van der Waals surface area contributed by atoms with Crippen molar-refractivity contribution in [2.75, 3.05) is 20.2 Å². The van der Waals surface area contributed by atoms with Crippen LogP contribution in [0.15, 0.2) is 24.3 Å². The van der Waals surface area contributed by atoms with Gasteiger partial charge in [-0.25, -0.2) is 4.79 Å². The Morgan fingerprint density at radius 2 is 1.86 bits per heavy atom. The van der Waals surface area contributed by atoms with Crippen molar-refractivity contribution in [3.05, 3.63) is 29.8 Å². The molecular weight excluding hydrogens is 278 g/mol. The molecule has 0 aliphatic carbocycles. The van der Waals surface area contributed by atoms with Crippen molar-refractivity contribution in [1.82, 2.24) is 4.90 Å². The van der Waals surface area contributed by atoms with Crippen molar-refractivity contribution in [1.29, 1.82) is 0 Å². The lowest BCUT2D eigenvalue weighted by atomic mass is 9.87. The first-order chi connectivity index (χ1) is 10.3. The predicted molar refractivity (Wildman–Crippen MR) is 87.3 cm³/mol. The Labute approximate surface area is 133 Å². The van der Waals surface area contributed by atoms with Crippen LogP contribution in [0.5, 0.6) is 5.75 Å². The fourth-order valence-electron chi connectivity index (χ4n) is 2.99. The summed E-state index contributed by atoms with van der Waals surface area (Å²) in [5.74, 6) is 1.70. The summed E-state index contributed by atoms with van der Waals surface area (Å²) in [7, 11) is 1.67. The largest absolute Gasteiger partial charge is 0.497 e. The third kappa shape index (κ3) is 3.93. The van der Waals surface area contributed by atoms with Crippen LogP contribution >= 0.6 is 0 Å². The molecule has 0 aromatic heterocycles. The summed E-state index contributed by atoms with van der Waals surface area (Å²) in [6.45, 7) is 9.37. The quantitative estimate of drug-likeness (QED) is 0.845. The minimum Gasteiger partial charge on any atom is -0.497 e. The molecule has 2 rings (SSSR count). The van der Waals surface area contributed by atoms with Gasteiger partial charge in [0, 0.05) is 19.0 Å². The highest BCUT2D eigenvalue weighted by Gasteiger charge is 2.36. The van der Waals surface area contributed by atoms with E-state index in [4.69, 9.17) is 9.47 Å². The van der Waals surface area contributed by atoms with Gasteiger partial charge >= 0.3 is 6.09 Å². The maximum Gasteiger partial charge on any atom is 0.410 e. The number of amides is 1. The van der Waals surface area contributed by atoms with Crippen LogP contribution < -0.4 is 4.74 Å². The minimum atomic E-state index is -0.447. The van der Waals surface area contributed by atoms with Crippen LogP contribution in [0.3, 0.4) is 0 Å². The van der Waals surface area contributed by atoms with E-state index in [1.165, 1.54) is 5.56 Å². The maximum absolute atomic E-state index is 12.3. The smallest absolute Gasteiger partial charge is 0.410 e. The Hall–Kier alpha value is -1.71. The van der Waals surface area contributed by atoms with E-state index >= 15 is 0 Å². The molecule has 1 fully saturated rings. The number of hydrogen-bond donors (Lipinski definition) is 0. The third-order valence-electron chi connectivity index (χ3n) is 4.16. The van der Waals surface area contributed by atoms with Gasteiger partial charge in [0.1, 0.15) is 11.4 Å². The van der Waals surface area contributed by atoms with Gasteiger partial charge in [-0.1, -0.05) is 25.5 Å². The van der Waals surface area contributed by atoms with Gasteiger partial charge < -0.3 is 14.4 Å². The van der Waals surface area contributed by atoms with Gasteiger partial charge in [-0.15, -0.1) is 0 Å². The van der Waals surface area contributed by atoms with E-state index in [1.54, 1.807) is 7.11 Å². The van der Waals surface area contributed by atoms with Crippen LogP contribution in [0, 0.1) is 5.92 Å². The molecule has 2 atom stereocenters. The lowest BCUT2D eigenvalue weighted by Crippen LogP contribution is -2.35. The van der Waals surface area contributed by atoms with Crippen molar-refractivity contribution in [2.45, 2.75) is 45.6 Å². The zero-order chi connectivity index (χ0) is 16.3. The molecule has 1 aliphatic heterocycles. The first-order valence-corrected chi connectivity index (χ1v) is 7.96. The van der Waals surface area contributed by atoms with Crippen LogP contribution in [0.2, 0.25) is 0 Å². The summed E-state index contributed by atoms with van der Waals surface area (Å²) >= 11 is 0. The number of rotatable bonds is 3. The number of carbonyl (C=O) groups is 1. The fraction of sp³-hybridized carbons (Fsp3) is 0.611. The molecule has 4 nitrogen and oxygen atoms in total. The molecule has 1 saturated heterocycles. The van der Waals surface area contributed by atoms with Crippen LogP contribution in [-0.2, 0) is 4.74 Å². The molecule has 1 amide bonds. The number of ether oxygens (including phenoxy) is 2. The molecule has 0 radical (unpaired) electrons. The molecule has 22 heavy (non-hydrogen) atoms. The number of nitrogens with zero attached hydrogens (tertiary/aromatic N) is 1. The van der Waals surface area contributed by atoms with Crippen LogP contribution in [0.1, 0.15) is 45.6 Å².